The Kier molecular flexibility index (Phi) is 6.88. The predicted octanol–water partition coefficient (Wildman–Crippen LogP) is 4.21. The van der Waals surface area contributed by atoms with Crippen molar-refractivity contribution >= 4 is 11.8 Å². The number of hydrogen-bond acceptors (Lipinski definition) is 4. The van der Waals surface area contributed by atoms with Gasteiger partial charge in [-0.05, 0) is 54.3 Å². The first-order chi connectivity index (χ1) is 16.6. The van der Waals surface area contributed by atoms with Crippen molar-refractivity contribution in [3.63, 3.8) is 0 Å². The fraction of sp³-hybridized carbons (Fsp3) is 0.269. The summed E-state index contributed by atoms with van der Waals surface area (Å²) in [4.78, 5) is 31.0. The zero-order chi connectivity index (χ0) is 25.2. The van der Waals surface area contributed by atoms with Crippen LogP contribution in [-0.2, 0) is 12.7 Å². The topological polar surface area (TPSA) is 82.5 Å². The molecule has 0 radical (unpaired) electrons. The van der Waals surface area contributed by atoms with Gasteiger partial charge < -0.3 is 15.3 Å². The van der Waals surface area contributed by atoms with Crippen molar-refractivity contribution in [2.24, 2.45) is 0 Å². The van der Waals surface area contributed by atoms with Crippen molar-refractivity contribution in [1.82, 2.24) is 15.2 Å². The van der Waals surface area contributed by atoms with Crippen LogP contribution in [0.1, 0.15) is 44.0 Å². The molecule has 35 heavy (non-hydrogen) atoms. The number of nitrogens with zero attached hydrogens (tertiary/aromatic N) is 2. The molecular weight excluding hydrogens is 459 g/mol. The van der Waals surface area contributed by atoms with Crippen molar-refractivity contribution in [1.29, 1.82) is 0 Å². The second-order valence-corrected chi connectivity index (χ2v) is 8.59. The lowest BCUT2D eigenvalue weighted by atomic mass is 9.98. The summed E-state index contributed by atoms with van der Waals surface area (Å²) in [5.74, 6) is -0.758. The molecule has 9 heteroatoms. The van der Waals surface area contributed by atoms with Crippen LogP contribution in [-0.4, -0.2) is 46.0 Å². The number of aliphatic hydroxyl groups is 1. The molecule has 4 rings (SSSR count). The van der Waals surface area contributed by atoms with E-state index in [0.29, 0.717) is 29.7 Å². The first-order valence-electron chi connectivity index (χ1n) is 11.1. The third kappa shape index (κ3) is 5.86. The van der Waals surface area contributed by atoms with Crippen LogP contribution in [0.4, 0.5) is 13.2 Å². The standard InChI is InChI=1S/C26H24F3N3O3/c1-16-2-5-18(6-3-16)19-10-20(12-21(11-19)25(35)32-9-8-22(33)15-32)24(34)31-14-17-4-7-23(30-13-17)26(27,28)29/h2-7,10-13,22,33H,8-9,14-15H2,1H3,(H,31,34)/t22-/m1/s1. The molecule has 0 unspecified atom stereocenters. The number of hydrogen-bond donors (Lipinski definition) is 2. The van der Waals surface area contributed by atoms with Gasteiger partial charge >= 0.3 is 6.18 Å². The highest BCUT2D eigenvalue weighted by molar-refractivity contribution is 6.01. The summed E-state index contributed by atoms with van der Waals surface area (Å²) in [6, 6.07) is 14.6. The molecule has 2 N–H and O–H groups in total. The molecule has 2 heterocycles. The number of aromatic nitrogens is 1. The fourth-order valence-corrected chi connectivity index (χ4v) is 3.88. The number of carbonyl (C=O) groups excluding carboxylic acids is 2. The van der Waals surface area contributed by atoms with Crippen LogP contribution in [0.2, 0.25) is 0 Å². The van der Waals surface area contributed by atoms with Crippen molar-refractivity contribution in [3.05, 3.63) is 88.7 Å². The lowest BCUT2D eigenvalue weighted by Crippen LogP contribution is -2.30. The normalized spacial score (nSPS) is 15.8. The van der Waals surface area contributed by atoms with Crippen LogP contribution >= 0.6 is 0 Å². The highest BCUT2D eigenvalue weighted by atomic mass is 19.4. The van der Waals surface area contributed by atoms with Crippen LogP contribution in [0, 0.1) is 6.92 Å². The highest BCUT2D eigenvalue weighted by Gasteiger charge is 2.32. The van der Waals surface area contributed by atoms with Gasteiger partial charge in [0.05, 0.1) is 6.10 Å². The number of alkyl halides is 3. The predicted molar refractivity (Wildman–Crippen MR) is 124 cm³/mol. The van der Waals surface area contributed by atoms with Gasteiger partial charge in [-0.3, -0.25) is 14.6 Å². The van der Waals surface area contributed by atoms with E-state index in [2.05, 4.69) is 10.3 Å². The maximum atomic E-state index is 13.1. The first-order valence-corrected chi connectivity index (χ1v) is 11.1. The van der Waals surface area contributed by atoms with E-state index in [0.717, 1.165) is 23.4 Å². The molecule has 2 amide bonds. The van der Waals surface area contributed by atoms with E-state index in [4.69, 9.17) is 0 Å². The smallest absolute Gasteiger partial charge is 0.391 e. The number of pyridine rings is 1. The van der Waals surface area contributed by atoms with Gasteiger partial charge in [-0.15, -0.1) is 0 Å². The molecule has 0 aliphatic carbocycles. The molecule has 1 saturated heterocycles. The Labute approximate surface area is 200 Å². The number of β-amino-alcohol motifs (C(OH)–C–C–N with tert-alkyl or cyclic N) is 1. The molecule has 1 aliphatic rings. The summed E-state index contributed by atoms with van der Waals surface area (Å²) in [6.07, 6.45) is -3.54. The summed E-state index contributed by atoms with van der Waals surface area (Å²) >= 11 is 0. The van der Waals surface area contributed by atoms with Gasteiger partial charge in [-0.25, -0.2) is 0 Å². The molecule has 0 saturated carbocycles. The number of rotatable bonds is 5. The number of nitrogens with one attached hydrogen (secondary N) is 1. The van der Waals surface area contributed by atoms with Gasteiger partial charge in [0, 0.05) is 37.0 Å². The Morgan fingerprint density at radius 1 is 1.06 bits per heavy atom. The number of aliphatic hydroxyl groups excluding tert-OH is 1. The lowest BCUT2D eigenvalue weighted by Gasteiger charge is -2.17. The molecule has 182 valence electrons. The molecule has 1 fully saturated rings. The average Bonchev–Trinajstić information content (AvgIpc) is 3.28. The molecule has 0 bridgehead atoms. The van der Waals surface area contributed by atoms with Gasteiger partial charge in [0.1, 0.15) is 5.69 Å². The number of carbonyl (C=O) groups is 2. The molecule has 0 spiro atoms. The average molecular weight is 483 g/mol. The Morgan fingerprint density at radius 2 is 1.77 bits per heavy atom. The minimum absolute atomic E-state index is 0.0275. The highest BCUT2D eigenvalue weighted by Crippen LogP contribution is 2.27. The van der Waals surface area contributed by atoms with E-state index in [-0.39, 0.29) is 24.6 Å². The third-order valence-corrected chi connectivity index (χ3v) is 5.85. The second kappa shape index (κ2) is 9.87. The first kappa shape index (κ1) is 24.4. The van der Waals surface area contributed by atoms with Crippen molar-refractivity contribution in [3.8, 4) is 11.1 Å². The summed E-state index contributed by atoms with van der Waals surface area (Å²) in [7, 11) is 0. The quantitative estimate of drug-likeness (QED) is 0.570. The van der Waals surface area contributed by atoms with Crippen LogP contribution in [0.5, 0.6) is 0 Å². The minimum atomic E-state index is -4.54. The van der Waals surface area contributed by atoms with Gasteiger partial charge in [0.25, 0.3) is 11.8 Å². The molecule has 2 aromatic carbocycles. The number of halogens is 3. The number of benzene rings is 2. The Balaban J connectivity index is 1.58. The van der Waals surface area contributed by atoms with E-state index >= 15 is 0 Å². The monoisotopic (exact) mass is 483 g/mol. The number of likely N-dealkylation sites (tertiary alicyclic amines) is 1. The summed E-state index contributed by atoms with van der Waals surface area (Å²) < 4.78 is 38.1. The molecule has 1 aromatic heterocycles. The second-order valence-electron chi connectivity index (χ2n) is 8.59. The molecule has 3 aromatic rings. The summed E-state index contributed by atoms with van der Waals surface area (Å²) in [6.45, 7) is 2.59. The van der Waals surface area contributed by atoms with E-state index in [1.807, 2.05) is 31.2 Å². The Morgan fingerprint density at radius 3 is 2.37 bits per heavy atom. The maximum absolute atomic E-state index is 13.1. The third-order valence-electron chi connectivity index (χ3n) is 5.85. The zero-order valence-electron chi connectivity index (χ0n) is 19.0. The zero-order valence-corrected chi connectivity index (χ0v) is 19.0. The van der Waals surface area contributed by atoms with E-state index in [1.54, 1.807) is 17.0 Å². The van der Waals surface area contributed by atoms with Gasteiger partial charge in [-0.1, -0.05) is 35.9 Å². The van der Waals surface area contributed by atoms with Crippen LogP contribution in [0.25, 0.3) is 11.1 Å². The summed E-state index contributed by atoms with van der Waals surface area (Å²) in [5.41, 5.74) is 2.53. The van der Waals surface area contributed by atoms with E-state index in [1.165, 1.54) is 12.1 Å². The van der Waals surface area contributed by atoms with Crippen LogP contribution in [0.3, 0.4) is 0 Å². The minimum Gasteiger partial charge on any atom is -0.391 e. The summed E-state index contributed by atoms with van der Waals surface area (Å²) in [5, 5.41) is 12.5. The molecule has 1 aliphatic heterocycles. The van der Waals surface area contributed by atoms with Crippen LogP contribution < -0.4 is 5.32 Å². The lowest BCUT2D eigenvalue weighted by molar-refractivity contribution is -0.141. The Hall–Kier alpha value is -3.72. The van der Waals surface area contributed by atoms with E-state index in [9.17, 15) is 27.9 Å². The number of amides is 2. The Bertz CT molecular complexity index is 1230. The SMILES string of the molecule is Cc1ccc(-c2cc(C(=O)NCc3ccc(C(F)(F)F)nc3)cc(C(=O)N3CC[C@@H](O)C3)c2)cc1. The van der Waals surface area contributed by atoms with Gasteiger partial charge in [0.2, 0.25) is 0 Å². The number of aryl methyl sites for hydroxylation is 1. The van der Waals surface area contributed by atoms with Gasteiger partial charge in [-0.2, -0.15) is 13.2 Å². The van der Waals surface area contributed by atoms with Crippen molar-refractivity contribution in [2.75, 3.05) is 13.1 Å². The molecular formula is C26H24F3N3O3. The van der Waals surface area contributed by atoms with Crippen molar-refractivity contribution in [2.45, 2.75) is 32.2 Å². The van der Waals surface area contributed by atoms with Gasteiger partial charge in [0.15, 0.2) is 0 Å². The van der Waals surface area contributed by atoms with Crippen molar-refractivity contribution < 1.29 is 27.9 Å². The largest absolute Gasteiger partial charge is 0.433 e. The fourth-order valence-electron chi connectivity index (χ4n) is 3.88. The van der Waals surface area contributed by atoms with E-state index < -0.39 is 23.9 Å². The molecule has 1 atom stereocenters. The molecule has 6 nitrogen and oxygen atoms in total. The maximum Gasteiger partial charge on any atom is 0.433 e. The van der Waals surface area contributed by atoms with Crippen LogP contribution in [0.15, 0.2) is 60.8 Å².